The summed E-state index contributed by atoms with van der Waals surface area (Å²) < 4.78 is 10.8. The van der Waals surface area contributed by atoms with Gasteiger partial charge in [-0.1, -0.05) is 0 Å². The molecule has 0 fully saturated rings. The standard InChI is InChI=1S/C11H12O3S2/c1-13-7-2-6(4-12)3-8-10(7)11(16)9(15)5-14-8/h2-3,12,15-16H,4-5H2,1H3. The summed E-state index contributed by atoms with van der Waals surface area (Å²) in [6.45, 7) is 0.347. The molecule has 0 aliphatic carbocycles. The molecule has 0 atom stereocenters. The van der Waals surface area contributed by atoms with Crippen molar-refractivity contribution in [2.24, 2.45) is 0 Å². The van der Waals surface area contributed by atoms with Gasteiger partial charge in [-0.05, 0) is 17.7 Å². The lowest BCUT2D eigenvalue weighted by molar-refractivity contribution is 0.279. The third-order valence-electron chi connectivity index (χ3n) is 2.40. The Balaban J connectivity index is 2.63. The molecule has 1 N–H and O–H groups in total. The van der Waals surface area contributed by atoms with Crippen molar-refractivity contribution in [1.82, 2.24) is 0 Å². The summed E-state index contributed by atoms with van der Waals surface area (Å²) in [6.07, 6.45) is 0. The second kappa shape index (κ2) is 4.61. The molecule has 86 valence electrons. The van der Waals surface area contributed by atoms with Gasteiger partial charge in [-0.15, -0.1) is 25.3 Å². The van der Waals surface area contributed by atoms with Crippen LogP contribution in [0.2, 0.25) is 0 Å². The van der Waals surface area contributed by atoms with Crippen molar-refractivity contribution in [2.45, 2.75) is 6.61 Å². The summed E-state index contributed by atoms with van der Waals surface area (Å²) in [5.41, 5.74) is 1.54. The number of aliphatic hydroxyl groups excluding tert-OH is 1. The van der Waals surface area contributed by atoms with Gasteiger partial charge in [0.15, 0.2) is 0 Å². The number of hydrogen-bond acceptors (Lipinski definition) is 5. The third-order valence-corrected chi connectivity index (χ3v) is 3.43. The second-order valence-electron chi connectivity index (χ2n) is 3.41. The second-order valence-corrected chi connectivity index (χ2v) is 4.40. The van der Waals surface area contributed by atoms with Crippen LogP contribution in [0.1, 0.15) is 11.1 Å². The molecule has 1 aliphatic heterocycles. The lowest BCUT2D eigenvalue weighted by atomic mass is 10.1. The van der Waals surface area contributed by atoms with Gasteiger partial charge in [-0.2, -0.15) is 0 Å². The summed E-state index contributed by atoms with van der Waals surface area (Å²) in [5, 5.41) is 9.12. The zero-order valence-electron chi connectivity index (χ0n) is 8.73. The minimum atomic E-state index is -0.0493. The van der Waals surface area contributed by atoms with E-state index in [1.807, 2.05) is 0 Å². The van der Waals surface area contributed by atoms with Crippen LogP contribution in [-0.2, 0) is 6.61 Å². The van der Waals surface area contributed by atoms with E-state index in [9.17, 15) is 0 Å². The summed E-state index contributed by atoms with van der Waals surface area (Å²) in [5.74, 6) is 1.31. The van der Waals surface area contributed by atoms with E-state index in [4.69, 9.17) is 14.6 Å². The maximum atomic E-state index is 9.12. The monoisotopic (exact) mass is 256 g/mol. The van der Waals surface area contributed by atoms with Crippen molar-refractivity contribution < 1.29 is 14.6 Å². The van der Waals surface area contributed by atoms with Crippen molar-refractivity contribution in [1.29, 1.82) is 0 Å². The molecule has 0 spiro atoms. The zero-order chi connectivity index (χ0) is 11.7. The lowest BCUT2D eigenvalue weighted by Gasteiger charge is -2.22. The first kappa shape index (κ1) is 11.7. The first-order chi connectivity index (χ1) is 7.67. The van der Waals surface area contributed by atoms with E-state index in [2.05, 4.69) is 25.3 Å². The van der Waals surface area contributed by atoms with Crippen LogP contribution >= 0.6 is 25.3 Å². The minimum Gasteiger partial charge on any atom is -0.496 e. The van der Waals surface area contributed by atoms with Crippen LogP contribution in [0.5, 0.6) is 11.5 Å². The summed E-state index contributed by atoms with van der Waals surface area (Å²) >= 11 is 8.69. The Morgan fingerprint density at radius 2 is 2.19 bits per heavy atom. The van der Waals surface area contributed by atoms with Crippen molar-refractivity contribution in [3.8, 4) is 11.5 Å². The third kappa shape index (κ3) is 1.90. The molecule has 3 nitrogen and oxygen atoms in total. The number of fused-ring (bicyclic) bond motifs is 1. The van der Waals surface area contributed by atoms with Crippen molar-refractivity contribution in [3.63, 3.8) is 0 Å². The highest BCUT2D eigenvalue weighted by Gasteiger charge is 2.21. The fourth-order valence-electron chi connectivity index (χ4n) is 1.60. The van der Waals surface area contributed by atoms with Gasteiger partial charge in [0.05, 0.1) is 19.3 Å². The van der Waals surface area contributed by atoms with Gasteiger partial charge < -0.3 is 14.6 Å². The topological polar surface area (TPSA) is 38.7 Å². The first-order valence-corrected chi connectivity index (χ1v) is 5.62. The lowest BCUT2D eigenvalue weighted by Crippen LogP contribution is -2.08. The van der Waals surface area contributed by atoms with Gasteiger partial charge in [-0.25, -0.2) is 0 Å². The van der Waals surface area contributed by atoms with Gasteiger partial charge in [0, 0.05) is 9.81 Å². The van der Waals surface area contributed by atoms with Crippen LogP contribution < -0.4 is 9.47 Å². The highest BCUT2D eigenvalue weighted by Crippen LogP contribution is 2.43. The maximum absolute atomic E-state index is 9.12. The van der Waals surface area contributed by atoms with Crippen molar-refractivity contribution in [2.75, 3.05) is 13.7 Å². The molecule has 5 heteroatoms. The molecule has 0 saturated carbocycles. The fourth-order valence-corrected chi connectivity index (χ4v) is 2.06. The van der Waals surface area contributed by atoms with E-state index >= 15 is 0 Å². The van der Waals surface area contributed by atoms with Crippen LogP contribution in [-0.4, -0.2) is 18.8 Å². The van der Waals surface area contributed by atoms with Gasteiger partial charge in [0.1, 0.15) is 18.1 Å². The van der Waals surface area contributed by atoms with Gasteiger partial charge in [0.25, 0.3) is 0 Å². The molecule has 0 radical (unpaired) electrons. The number of rotatable bonds is 2. The first-order valence-electron chi connectivity index (χ1n) is 4.73. The Morgan fingerprint density at radius 1 is 1.44 bits per heavy atom. The average molecular weight is 256 g/mol. The van der Waals surface area contributed by atoms with E-state index in [1.165, 1.54) is 0 Å². The largest absolute Gasteiger partial charge is 0.496 e. The average Bonchev–Trinajstić information content (AvgIpc) is 2.32. The Morgan fingerprint density at radius 3 is 2.81 bits per heavy atom. The van der Waals surface area contributed by atoms with E-state index in [0.717, 1.165) is 20.9 Å². The molecule has 1 aliphatic rings. The predicted octanol–water partition coefficient (Wildman–Crippen LogP) is 2.11. The number of thiol groups is 2. The number of benzene rings is 1. The fraction of sp³-hybridized carbons (Fsp3) is 0.273. The van der Waals surface area contributed by atoms with Crippen LogP contribution in [0.4, 0.5) is 0 Å². The molecule has 2 rings (SSSR count). The molecule has 0 saturated heterocycles. The minimum absolute atomic E-state index is 0.0493. The molecule has 1 aromatic rings. The van der Waals surface area contributed by atoms with E-state index in [0.29, 0.717) is 18.1 Å². The zero-order valence-corrected chi connectivity index (χ0v) is 10.5. The molecule has 1 aromatic carbocycles. The van der Waals surface area contributed by atoms with Crippen molar-refractivity contribution >= 4 is 30.2 Å². The molecular formula is C11H12O3S2. The number of aliphatic hydroxyl groups is 1. The Kier molecular flexibility index (Phi) is 3.37. The van der Waals surface area contributed by atoms with Crippen molar-refractivity contribution in [3.05, 3.63) is 28.2 Å². The maximum Gasteiger partial charge on any atom is 0.132 e. The molecule has 0 bridgehead atoms. The summed E-state index contributed by atoms with van der Waals surface area (Å²) in [6, 6.07) is 3.55. The van der Waals surface area contributed by atoms with Crippen LogP contribution in [0, 0.1) is 0 Å². The number of methoxy groups -OCH3 is 1. The highest BCUT2D eigenvalue weighted by atomic mass is 32.1. The van der Waals surface area contributed by atoms with Crippen LogP contribution in [0.3, 0.4) is 0 Å². The van der Waals surface area contributed by atoms with Gasteiger partial charge in [-0.3, -0.25) is 0 Å². The van der Waals surface area contributed by atoms with E-state index in [1.54, 1.807) is 19.2 Å². The highest BCUT2D eigenvalue weighted by molar-refractivity contribution is 7.93. The number of ether oxygens (including phenoxy) is 2. The molecule has 0 aromatic heterocycles. The van der Waals surface area contributed by atoms with Gasteiger partial charge >= 0.3 is 0 Å². The van der Waals surface area contributed by atoms with Crippen LogP contribution in [0.25, 0.3) is 4.91 Å². The summed E-state index contributed by atoms with van der Waals surface area (Å²) in [4.78, 5) is 1.52. The Bertz CT molecular complexity index is 455. The molecule has 0 amide bonds. The predicted molar refractivity (Wildman–Crippen MR) is 69.3 cm³/mol. The smallest absolute Gasteiger partial charge is 0.132 e. The van der Waals surface area contributed by atoms with E-state index in [-0.39, 0.29) is 6.61 Å². The quantitative estimate of drug-likeness (QED) is 0.710. The molecular weight excluding hydrogens is 244 g/mol. The molecule has 0 unspecified atom stereocenters. The number of hydrogen-bond donors (Lipinski definition) is 3. The molecule has 16 heavy (non-hydrogen) atoms. The molecule has 1 heterocycles. The normalized spacial score (nSPS) is 14.5. The summed E-state index contributed by atoms with van der Waals surface area (Å²) in [7, 11) is 1.57. The van der Waals surface area contributed by atoms with Crippen LogP contribution in [0.15, 0.2) is 17.0 Å². The van der Waals surface area contributed by atoms with Gasteiger partial charge in [0.2, 0.25) is 0 Å². The SMILES string of the molecule is COc1cc(CO)cc2c1C(S)=C(S)CO2. The van der Waals surface area contributed by atoms with E-state index < -0.39 is 0 Å². The Labute approximate surface area is 105 Å². The Hall–Kier alpha value is -0.780.